The van der Waals surface area contributed by atoms with E-state index in [9.17, 15) is 18.0 Å². The number of halogens is 3. The lowest BCUT2D eigenvalue weighted by Crippen LogP contribution is -2.12. The van der Waals surface area contributed by atoms with Crippen LogP contribution in [-0.4, -0.2) is 17.6 Å². The third-order valence-electron chi connectivity index (χ3n) is 3.09. The van der Waals surface area contributed by atoms with Crippen LogP contribution in [0.25, 0.3) is 11.3 Å². The molecule has 2 aromatic rings. The van der Waals surface area contributed by atoms with Gasteiger partial charge in [-0.05, 0) is 44.2 Å². The summed E-state index contributed by atoms with van der Waals surface area (Å²) in [5, 5.41) is 0. The summed E-state index contributed by atoms with van der Waals surface area (Å²) >= 11 is 0. The predicted molar refractivity (Wildman–Crippen MR) is 75.3 cm³/mol. The van der Waals surface area contributed by atoms with E-state index in [4.69, 9.17) is 4.74 Å². The molecule has 1 aromatic heterocycles. The van der Waals surface area contributed by atoms with Crippen LogP contribution in [-0.2, 0) is 4.74 Å². The maximum Gasteiger partial charge on any atom is 0.340 e. The highest BCUT2D eigenvalue weighted by Crippen LogP contribution is 2.30. The molecule has 0 spiro atoms. The van der Waals surface area contributed by atoms with E-state index >= 15 is 0 Å². The molecule has 2 rings (SSSR count). The van der Waals surface area contributed by atoms with E-state index in [1.54, 1.807) is 6.92 Å². The lowest BCUT2D eigenvalue weighted by Gasteiger charge is -2.13. The van der Waals surface area contributed by atoms with Gasteiger partial charge in [0.2, 0.25) is 0 Å². The van der Waals surface area contributed by atoms with Gasteiger partial charge in [0.25, 0.3) is 6.43 Å². The Kier molecular flexibility index (Phi) is 4.80. The Morgan fingerprint density at radius 3 is 2.45 bits per heavy atom. The molecule has 1 aromatic carbocycles. The first-order valence-corrected chi connectivity index (χ1v) is 6.66. The van der Waals surface area contributed by atoms with Gasteiger partial charge in [0, 0.05) is 11.1 Å². The number of pyridine rings is 1. The first-order valence-electron chi connectivity index (χ1n) is 6.66. The molecule has 1 heterocycles. The number of aryl methyl sites for hydroxylation is 1. The lowest BCUT2D eigenvalue weighted by atomic mass is 10.0. The topological polar surface area (TPSA) is 39.2 Å². The highest BCUT2D eigenvalue weighted by Gasteiger charge is 2.24. The summed E-state index contributed by atoms with van der Waals surface area (Å²) in [4.78, 5) is 16.0. The summed E-state index contributed by atoms with van der Waals surface area (Å²) in [6.45, 7) is 3.14. The van der Waals surface area contributed by atoms with E-state index in [0.717, 1.165) is 6.07 Å². The number of carbonyl (C=O) groups excluding carboxylic acids is 1. The molecule has 0 radical (unpaired) electrons. The molecule has 0 amide bonds. The fraction of sp³-hybridized carbons (Fsp3) is 0.250. The van der Waals surface area contributed by atoms with Crippen LogP contribution in [0.2, 0.25) is 0 Å². The van der Waals surface area contributed by atoms with Crippen molar-refractivity contribution in [1.82, 2.24) is 4.98 Å². The second-order valence-corrected chi connectivity index (χ2v) is 4.59. The molecule has 0 unspecified atom stereocenters. The third-order valence-corrected chi connectivity index (χ3v) is 3.09. The van der Waals surface area contributed by atoms with Gasteiger partial charge >= 0.3 is 5.97 Å². The van der Waals surface area contributed by atoms with E-state index in [1.165, 1.54) is 31.2 Å². The molecular weight excluding hydrogens is 295 g/mol. The molecule has 116 valence electrons. The minimum atomic E-state index is -2.85. The maximum atomic E-state index is 13.3. The summed E-state index contributed by atoms with van der Waals surface area (Å²) in [5.74, 6) is -1.26. The van der Waals surface area contributed by atoms with E-state index in [-0.39, 0.29) is 23.6 Å². The highest BCUT2D eigenvalue weighted by molar-refractivity contribution is 5.93. The van der Waals surface area contributed by atoms with E-state index in [2.05, 4.69) is 4.98 Å². The molecule has 0 saturated heterocycles. The number of aromatic nitrogens is 1. The van der Waals surface area contributed by atoms with Crippen molar-refractivity contribution in [2.24, 2.45) is 0 Å². The van der Waals surface area contributed by atoms with E-state index in [0.29, 0.717) is 5.56 Å². The standard InChI is InChI=1S/C16H14F3NO2/c1-3-22-16(21)14-9(2)20-13(8-12(14)15(18)19)10-4-6-11(17)7-5-10/h4-8,15H,3H2,1-2H3. The fourth-order valence-corrected chi connectivity index (χ4v) is 2.11. The SMILES string of the molecule is CCOC(=O)c1c(C(F)F)cc(-c2ccc(F)cc2)nc1C. The quantitative estimate of drug-likeness (QED) is 0.790. The lowest BCUT2D eigenvalue weighted by molar-refractivity contribution is 0.0514. The number of hydrogen-bond donors (Lipinski definition) is 0. The van der Waals surface area contributed by atoms with Gasteiger partial charge in [0.15, 0.2) is 0 Å². The second kappa shape index (κ2) is 6.60. The van der Waals surface area contributed by atoms with Crippen LogP contribution < -0.4 is 0 Å². The Morgan fingerprint density at radius 1 is 1.27 bits per heavy atom. The van der Waals surface area contributed by atoms with Crippen molar-refractivity contribution in [3.8, 4) is 11.3 Å². The van der Waals surface area contributed by atoms with Crippen LogP contribution in [0.5, 0.6) is 0 Å². The molecule has 0 N–H and O–H groups in total. The molecular formula is C16H14F3NO2. The van der Waals surface area contributed by atoms with Gasteiger partial charge in [-0.1, -0.05) is 0 Å². The largest absolute Gasteiger partial charge is 0.462 e. The van der Waals surface area contributed by atoms with Crippen LogP contribution in [0.3, 0.4) is 0 Å². The van der Waals surface area contributed by atoms with Crippen LogP contribution in [0, 0.1) is 12.7 Å². The molecule has 0 saturated carbocycles. The van der Waals surface area contributed by atoms with Gasteiger partial charge in [-0.3, -0.25) is 4.98 Å². The number of carbonyl (C=O) groups is 1. The summed E-state index contributed by atoms with van der Waals surface area (Å²) in [6.07, 6.45) is -2.85. The smallest absolute Gasteiger partial charge is 0.340 e. The zero-order valence-corrected chi connectivity index (χ0v) is 12.1. The van der Waals surface area contributed by atoms with Crippen molar-refractivity contribution in [3.05, 3.63) is 53.0 Å². The van der Waals surface area contributed by atoms with Crippen molar-refractivity contribution in [3.63, 3.8) is 0 Å². The van der Waals surface area contributed by atoms with Gasteiger partial charge in [-0.15, -0.1) is 0 Å². The van der Waals surface area contributed by atoms with Crippen LogP contribution >= 0.6 is 0 Å². The Bertz CT molecular complexity index is 685. The number of benzene rings is 1. The normalized spacial score (nSPS) is 10.8. The molecule has 0 bridgehead atoms. The summed E-state index contributed by atoms with van der Waals surface area (Å²) in [5.41, 5.74) is 0.228. The minimum Gasteiger partial charge on any atom is -0.462 e. The molecule has 0 aliphatic rings. The van der Waals surface area contributed by atoms with E-state index < -0.39 is 23.8 Å². The van der Waals surface area contributed by atoms with Crippen molar-refractivity contribution >= 4 is 5.97 Å². The van der Waals surface area contributed by atoms with Crippen molar-refractivity contribution in [2.75, 3.05) is 6.61 Å². The third kappa shape index (κ3) is 3.27. The molecule has 6 heteroatoms. The molecule has 0 atom stereocenters. The van der Waals surface area contributed by atoms with Crippen LogP contribution in [0.15, 0.2) is 30.3 Å². The first kappa shape index (κ1) is 16.0. The van der Waals surface area contributed by atoms with Gasteiger partial charge in [0.1, 0.15) is 5.82 Å². The Balaban J connectivity index is 2.56. The monoisotopic (exact) mass is 309 g/mol. The maximum absolute atomic E-state index is 13.3. The summed E-state index contributed by atoms with van der Waals surface area (Å²) < 4.78 is 44.3. The molecule has 0 aliphatic heterocycles. The van der Waals surface area contributed by atoms with Gasteiger partial charge < -0.3 is 4.74 Å². The van der Waals surface area contributed by atoms with Gasteiger partial charge in [0.05, 0.1) is 23.6 Å². The number of rotatable bonds is 4. The average molecular weight is 309 g/mol. The number of hydrogen-bond acceptors (Lipinski definition) is 3. The Hall–Kier alpha value is -2.37. The van der Waals surface area contributed by atoms with Crippen LogP contribution in [0.4, 0.5) is 13.2 Å². The average Bonchev–Trinajstić information content (AvgIpc) is 2.47. The molecule has 22 heavy (non-hydrogen) atoms. The Morgan fingerprint density at radius 2 is 1.91 bits per heavy atom. The zero-order valence-electron chi connectivity index (χ0n) is 12.1. The summed E-state index contributed by atoms with van der Waals surface area (Å²) in [7, 11) is 0. The van der Waals surface area contributed by atoms with Crippen molar-refractivity contribution in [1.29, 1.82) is 0 Å². The number of esters is 1. The molecule has 3 nitrogen and oxygen atoms in total. The van der Waals surface area contributed by atoms with Gasteiger partial charge in [-0.2, -0.15) is 0 Å². The minimum absolute atomic E-state index is 0.0840. The molecule has 0 aliphatic carbocycles. The number of nitrogens with zero attached hydrogens (tertiary/aromatic N) is 1. The Labute approximate surface area is 125 Å². The van der Waals surface area contributed by atoms with Gasteiger partial charge in [-0.25, -0.2) is 18.0 Å². The number of alkyl halides is 2. The van der Waals surface area contributed by atoms with Crippen LogP contribution in [0.1, 0.15) is 35.0 Å². The zero-order chi connectivity index (χ0) is 16.3. The van der Waals surface area contributed by atoms with Crippen molar-refractivity contribution < 1.29 is 22.7 Å². The summed E-state index contributed by atoms with van der Waals surface area (Å²) in [6, 6.07) is 6.45. The van der Waals surface area contributed by atoms with Crippen molar-refractivity contribution in [2.45, 2.75) is 20.3 Å². The molecule has 0 fully saturated rings. The fourth-order valence-electron chi connectivity index (χ4n) is 2.11. The number of ether oxygens (including phenoxy) is 1. The predicted octanol–water partition coefficient (Wildman–Crippen LogP) is 4.31. The highest BCUT2D eigenvalue weighted by atomic mass is 19.3. The van der Waals surface area contributed by atoms with E-state index in [1.807, 2.05) is 0 Å². The second-order valence-electron chi connectivity index (χ2n) is 4.59. The first-order chi connectivity index (χ1) is 10.4.